The number of carbonyl (C=O) groups excluding carboxylic acids is 1. The van der Waals surface area contributed by atoms with Gasteiger partial charge in [-0.3, -0.25) is 4.79 Å². The molecule has 1 aromatic rings. The zero-order valence-electron chi connectivity index (χ0n) is 12.3. The van der Waals surface area contributed by atoms with Gasteiger partial charge in [-0.05, 0) is 31.3 Å². The Bertz CT molecular complexity index is 495. The van der Waals surface area contributed by atoms with Crippen LogP contribution < -0.4 is 11.1 Å². The first-order chi connectivity index (χ1) is 10.0. The lowest BCUT2D eigenvalue weighted by atomic mass is 10.2. The number of anilines is 1. The van der Waals surface area contributed by atoms with Gasteiger partial charge in [0.05, 0.1) is 0 Å². The van der Waals surface area contributed by atoms with Crippen LogP contribution >= 0.6 is 12.2 Å². The first-order valence-corrected chi connectivity index (χ1v) is 7.56. The molecule has 0 unspecified atom stereocenters. The minimum atomic E-state index is 0.0389. The van der Waals surface area contributed by atoms with E-state index in [-0.39, 0.29) is 5.91 Å². The van der Waals surface area contributed by atoms with Crippen molar-refractivity contribution in [2.45, 2.75) is 6.42 Å². The van der Waals surface area contributed by atoms with Crippen molar-refractivity contribution in [3.63, 3.8) is 0 Å². The van der Waals surface area contributed by atoms with Gasteiger partial charge >= 0.3 is 0 Å². The number of carbonyl (C=O) groups is 1. The summed E-state index contributed by atoms with van der Waals surface area (Å²) in [7, 11) is 2.13. The molecule has 1 amide bonds. The molecule has 1 heterocycles. The molecule has 0 radical (unpaired) electrons. The molecular formula is C15H22N4OS. The minimum Gasteiger partial charge on any atom is -0.389 e. The third kappa shape index (κ3) is 5.08. The molecule has 3 N–H and O–H groups in total. The Labute approximate surface area is 131 Å². The van der Waals surface area contributed by atoms with Crippen molar-refractivity contribution in [3.05, 3.63) is 29.8 Å². The Morgan fingerprint density at radius 2 is 1.86 bits per heavy atom. The quantitative estimate of drug-likeness (QED) is 0.792. The van der Waals surface area contributed by atoms with Crippen LogP contribution in [-0.4, -0.2) is 60.5 Å². The van der Waals surface area contributed by atoms with Crippen LogP contribution in [0, 0.1) is 0 Å². The van der Waals surface area contributed by atoms with Crippen LogP contribution in [0.15, 0.2) is 24.3 Å². The highest BCUT2D eigenvalue weighted by molar-refractivity contribution is 7.80. The summed E-state index contributed by atoms with van der Waals surface area (Å²) in [5, 5.41) is 2.90. The number of nitrogens with zero attached hydrogens (tertiary/aromatic N) is 2. The number of piperazine rings is 1. The Kier molecular flexibility index (Phi) is 5.67. The first kappa shape index (κ1) is 15.9. The third-order valence-electron chi connectivity index (χ3n) is 3.70. The van der Waals surface area contributed by atoms with Gasteiger partial charge in [-0.15, -0.1) is 0 Å². The number of thiocarbonyl (C=S) groups is 1. The second-order valence-electron chi connectivity index (χ2n) is 5.38. The number of amides is 1. The van der Waals surface area contributed by atoms with Crippen molar-refractivity contribution in [3.8, 4) is 0 Å². The van der Waals surface area contributed by atoms with Gasteiger partial charge in [0.2, 0.25) is 5.91 Å². The van der Waals surface area contributed by atoms with E-state index >= 15 is 0 Å². The highest BCUT2D eigenvalue weighted by Gasteiger charge is 2.14. The van der Waals surface area contributed by atoms with Gasteiger partial charge in [0.1, 0.15) is 4.99 Å². The lowest BCUT2D eigenvalue weighted by molar-refractivity contribution is -0.116. The van der Waals surface area contributed by atoms with Crippen molar-refractivity contribution in [1.82, 2.24) is 9.80 Å². The molecule has 0 bridgehead atoms. The Hall–Kier alpha value is -1.50. The van der Waals surface area contributed by atoms with Crippen molar-refractivity contribution in [1.29, 1.82) is 0 Å². The molecule has 1 saturated heterocycles. The van der Waals surface area contributed by atoms with Crippen LogP contribution in [-0.2, 0) is 4.79 Å². The zero-order valence-corrected chi connectivity index (χ0v) is 13.2. The molecule has 0 spiro atoms. The van der Waals surface area contributed by atoms with Gasteiger partial charge in [-0.25, -0.2) is 0 Å². The SMILES string of the molecule is CN1CCN(CCC(=O)Nc2ccc(C(N)=S)cc2)CC1. The van der Waals surface area contributed by atoms with E-state index in [1.54, 1.807) is 0 Å². The summed E-state index contributed by atoms with van der Waals surface area (Å²) < 4.78 is 0. The lowest BCUT2D eigenvalue weighted by Gasteiger charge is -2.32. The van der Waals surface area contributed by atoms with Crippen LogP contribution in [0.4, 0.5) is 5.69 Å². The van der Waals surface area contributed by atoms with Crippen LogP contribution in [0.1, 0.15) is 12.0 Å². The predicted molar refractivity (Wildman–Crippen MR) is 89.5 cm³/mol. The summed E-state index contributed by atoms with van der Waals surface area (Å²) in [5.74, 6) is 0.0389. The summed E-state index contributed by atoms with van der Waals surface area (Å²) >= 11 is 4.90. The van der Waals surface area contributed by atoms with E-state index in [9.17, 15) is 4.79 Å². The molecule has 2 rings (SSSR count). The van der Waals surface area contributed by atoms with E-state index in [1.165, 1.54) is 0 Å². The van der Waals surface area contributed by atoms with Crippen LogP contribution in [0.5, 0.6) is 0 Å². The summed E-state index contributed by atoms with van der Waals surface area (Å²) in [4.78, 5) is 16.9. The molecule has 0 saturated carbocycles. The van der Waals surface area contributed by atoms with E-state index < -0.39 is 0 Å². The number of rotatable bonds is 5. The minimum absolute atomic E-state index is 0.0389. The molecule has 1 aromatic carbocycles. The number of nitrogens with one attached hydrogen (secondary N) is 1. The fraction of sp³-hybridized carbons (Fsp3) is 0.467. The molecule has 0 atom stereocenters. The summed E-state index contributed by atoms with van der Waals surface area (Å²) in [6.07, 6.45) is 0.515. The molecule has 114 valence electrons. The van der Waals surface area contributed by atoms with Gasteiger partial charge in [0, 0.05) is 50.4 Å². The lowest BCUT2D eigenvalue weighted by Crippen LogP contribution is -2.45. The zero-order chi connectivity index (χ0) is 15.2. The average Bonchev–Trinajstić information content (AvgIpc) is 2.47. The fourth-order valence-corrected chi connectivity index (χ4v) is 2.41. The molecule has 1 fully saturated rings. The first-order valence-electron chi connectivity index (χ1n) is 7.15. The number of likely N-dealkylation sites (N-methyl/N-ethyl adjacent to an activating group) is 1. The Morgan fingerprint density at radius 3 is 2.43 bits per heavy atom. The standard InChI is InChI=1S/C15H22N4OS/c1-18-8-10-19(11-9-18)7-6-14(20)17-13-4-2-12(3-5-13)15(16)21/h2-5H,6-11H2,1H3,(H2,16,21)(H,17,20). The highest BCUT2D eigenvalue weighted by atomic mass is 32.1. The third-order valence-corrected chi connectivity index (χ3v) is 3.94. The molecular weight excluding hydrogens is 284 g/mol. The molecule has 5 nitrogen and oxygen atoms in total. The second kappa shape index (κ2) is 7.49. The average molecular weight is 306 g/mol. The molecule has 6 heteroatoms. The van der Waals surface area contributed by atoms with Gasteiger partial charge in [-0.2, -0.15) is 0 Å². The van der Waals surface area contributed by atoms with Crippen molar-refractivity contribution >= 4 is 28.8 Å². The Balaban J connectivity index is 1.75. The van der Waals surface area contributed by atoms with Crippen LogP contribution in [0.2, 0.25) is 0 Å². The predicted octanol–water partition coefficient (Wildman–Crippen LogP) is 0.897. The van der Waals surface area contributed by atoms with Crippen molar-refractivity contribution in [2.24, 2.45) is 5.73 Å². The Morgan fingerprint density at radius 1 is 1.24 bits per heavy atom. The largest absolute Gasteiger partial charge is 0.389 e. The summed E-state index contributed by atoms with van der Waals surface area (Å²) in [5.41, 5.74) is 7.12. The molecule has 0 aromatic heterocycles. The van der Waals surface area contributed by atoms with E-state index in [0.29, 0.717) is 11.4 Å². The maximum Gasteiger partial charge on any atom is 0.225 e. The number of benzene rings is 1. The van der Waals surface area contributed by atoms with Crippen LogP contribution in [0.25, 0.3) is 0 Å². The maximum atomic E-state index is 11.9. The molecule has 1 aliphatic rings. The van der Waals surface area contributed by atoms with Gasteiger partial charge in [-0.1, -0.05) is 12.2 Å². The normalized spacial score (nSPS) is 16.6. The van der Waals surface area contributed by atoms with E-state index in [0.717, 1.165) is 44.0 Å². The summed E-state index contributed by atoms with van der Waals surface area (Å²) in [6, 6.07) is 7.28. The monoisotopic (exact) mass is 306 g/mol. The van der Waals surface area contributed by atoms with E-state index in [1.807, 2.05) is 24.3 Å². The second-order valence-corrected chi connectivity index (χ2v) is 5.82. The number of hydrogen-bond donors (Lipinski definition) is 2. The summed E-state index contributed by atoms with van der Waals surface area (Å²) in [6.45, 7) is 5.02. The highest BCUT2D eigenvalue weighted by Crippen LogP contribution is 2.10. The van der Waals surface area contributed by atoms with E-state index in [4.69, 9.17) is 18.0 Å². The van der Waals surface area contributed by atoms with Gasteiger partial charge < -0.3 is 20.9 Å². The molecule has 0 aliphatic carbocycles. The van der Waals surface area contributed by atoms with Gasteiger partial charge in [0.15, 0.2) is 0 Å². The van der Waals surface area contributed by atoms with E-state index in [2.05, 4.69) is 22.2 Å². The number of hydrogen-bond acceptors (Lipinski definition) is 4. The van der Waals surface area contributed by atoms with Crippen LogP contribution in [0.3, 0.4) is 0 Å². The molecule has 21 heavy (non-hydrogen) atoms. The van der Waals surface area contributed by atoms with Crippen molar-refractivity contribution in [2.75, 3.05) is 45.1 Å². The van der Waals surface area contributed by atoms with Gasteiger partial charge in [0.25, 0.3) is 0 Å². The van der Waals surface area contributed by atoms with Crippen molar-refractivity contribution < 1.29 is 4.79 Å². The topological polar surface area (TPSA) is 61.6 Å². The smallest absolute Gasteiger partial charge is 0.225 e. The number of nitrogens with two attached hydrogens (primary N) is 1. The fourth-order valence-electron chi connectivity index (χ4n) is 2.27. The molecule has 1 aliphatic heterocycles. The maximum absolute atomic E-state index is 11.9.